The number of rotatable bonds is 6. The van der Waals surface area contributed by atoms with Gasteiger partial charge >= 0.3 is 0 Å². The summed E-state index contributed by atoms with van der Waals surface area (Å²) >= 11 is 6.28. The lowest BCUT2D eigenvalue weighted by molar-refractivity contribution is -0.144. The van der Waals surface area contributed by atoms with E-state index in [1.54, 1.807) is 18.3 Å². The molecule has 5 atom stereocenters. The van der Waals surface area contributed by atoms with Crippen LogP contribution in [0.5, 0.6) is 0 Å². The van der Waals surface area contributed by atoms with Gasteiger partial charge in [0.05, 0.1) is 15.2 Å². The smallest absolute Gasteiger partial charge is 0.255 e. The van der Waals surface area contributed by atoms with Crippen molar-refractivity contribution in [3.8, 4) is 0 Å². The molecule has 2 saturated carbocycles. The summed E-state index contributed by atoms with van der Waals surface area (Å²) in [5.41, 5.74) is -1.04. The summed E-state index contributed by atoms with van der Waals surface area (Å²) in [6, 6.07) is 10.0. The van der Waals surface area contributed by atoms with E-state index in [9.17, 15) is 32.2 Å². The van der Waals surface area contributed by atoms with Gasteiger partial charge in [-0.25, -0.2) is 17.2 Å². The van der Waals surface area contributed by atoms with E-state index in [1.165, 1.54) is 30.5 Å². The van der Waals surface area contributed by atoms with E-state index in [0.717, 1.165) is 12.1 Å². The van der Waals surface area contributed by atoms with E-state index in [4.69, 9.17) is 11.6 Å². The number of carbonyl (C=O) groups excluding carboxylic acids is 1. The van der Waals surface area contributed by atoms with E-state index in [-0.39, 0.29) is 34.0 Å². The summed E-state index contributed by atoms with van der Waals surface area (Å²) < 4.78 is 54.2. The van der Waals surface area contributed by atoms with Gasteiger partial charge < -0.3 is 15.5 Å². The fourth-order valence-corrected chi connectivity index (χ4v) is 8.27. The predicted molar refractivity (Wildman–Crippen MR) is 136 cm³/mol. The standard InChI is InChI=1S/C27H25ClF2N2O5S/c28-21-7-3-15(26(34)32-19-6-8-22(29)23(30)13-19)10-24(21)38(36,37)20-11-17-4-5-18(12-20)27(17,35)25(33)16-2-1-9-31-14-16/h1-3,6-10,13-14,17-18,20,25,33,35H,4-5,11-12H2,(H,32,34)/t17-,18+,20?,25-,27?/m1/s1. The number of halogens is 3. The molecule has 3 N–H and O–H groups in total. The molecule has 1 heterocycles. The van der Waals surface area contributed by atoms with Gasteiger partial charge in [-0.15, -0.1) is 0 Å². The van der Waals surface area contributed by atoms with Crippen molar-refractivity contribution in [1.29, 1.82) is 0 Å². The van der Waals surface area contributed by atoms with Gasteiger partial charge in [0.1, 0.15) is 11.7 Å². The lowest BCUT2D eigenvalue weighted by Crippen LogP contribution is -2.52. The fourth-order valence-electron chi connectivity index (χ4n) is 5.87. The van der Waals surface area contributed by atoms with Gasteiger partial charge in [0, 0.05) is 35.3 Å². The molecule has 200 valence electrons. The van der Waals surface area contributed by atoms with Crippen molar-refractivity contribution in [1.82, 2.24) is 4.98 Å². The lowest BCUT2D eigenvalue weighted by Gasteiger charge is -2.45. The van der Waals surface area contributed by atoms with Crippen molar-refractivity contribution >= 4 is 33.0 Å². The molecule has 2 aliphatic carbocycles. The third-order valence-electron chi connectivity index (χ3n) is 7.82. The molecule has 5 rings (SSSR count). The number of anilines is 1. The molecule has 0 saturated heterocycles. The second kappa shape index (κ2) is 10.00. The minimum absolute atomic E-state index is 0.00331. The summed E-state index contributed by atoms with van der Waals surface area (Å²) in [6.45, 7) is 0. The van der Waals surface area contributed by atoms with Crippen LogP contribution in [0, 0.1) is 23.5 Å². The molecule has 0 radical (unpaired) electrons. The van der Waals surface area contributed by atoms with Crippen LogP contribution in [0.15, 0.2) is 65.8 Å². The zero-order chi connectivity index (χ0) is 27.2. The number of pyridine rings is 1. The molecule has 11 heteroatoms. The van der Waals surface area contributed by atoms with Gasteiger partial charge in [-0.3, -0.25) is 9.78 Å². The number of amides is 1. The summed E-state index contributed by atoms with van der Waals surface area (Å²) in [4.78, 5) is 16.5. The number of aromatic nitrogens is 1. The molecule has 2 aromatic carbocycles. The molecule has 0 spiro atoms. The Bertz CT molecular complexity index is 1470. The minimum Gasteiger partial charge on any atom is -0.386 e. The Hall–Kier alpha value is -2.92. The number of carbonyl (C=O) groups is 1. The maximum atomic E-state index is 13.7. The van der Waals surface area contributed by atoms with Crippen LogP contribution in [0.2, 0.25) is 5.02 Å². The van der Waals surface area contributed by atoms with E-state index < -0.39 is 56.2 Å². The second-order valence-electron chi connectivity index (χ2n) is 9.91. The largest absolute Gasteiger partial charge is 0.386 e. The number of nitrogens with one attached hydrogen (secondary N) is 1. The highest BCUT2D eigenvalue weighted by atomic mass is 35.5. The fraction of sp³-hybridized carbons (Fsp3) is 0.333. The Labute approximate surface area is 223 Å². The van der Waals surface area contributed by atoms with E-state index in [2.05, 4.69) is 10.3 Å². The summed E-state index contributed by atoms with van der Waals surface area (Å²) in [5.74, 6) is -3.85. The maximum absolute atomic E-state index is 13.7. The van der Waals surface area contributed by atoms with Gasteiger partial charge in [0.2, 0.25) is 0 Å². The van der Waals surface area contributed by atoms with Gasteiger partial charge in [-0.2, -0.15) is 0 Å². The van der Waals surface area contributed by atoms with Crippen LogP contribution >= 0.6 is 11.6 Å². The molecule has 2 bridgehead atoms. The Morgan fingerprint density at radius 1 is 1.08 bits per heavy atom. The van der Waals surface area contributed by atoms with Crippen molar-refractivity contribution in [3.63, 3.8) is 0 Å². The van der Waals surface area contributed by atoms with Gasteiger partial charge in [-0.05, 0) is 73.9 Å². The molecule has 7 nitrogen and oxygen atoms in total. The van der Waals surface area contributed by atoms with Gasteiger partial charge in [0.25, 0.3) is 5.91 Å². The monoisotopic (exact) mass is 562 g/mol. The van der Waals surface area contributed by atoms with Gasteiger partial charge in [0.15, 0.2) is 21.5 Å². The number of sulfone groups is 1. The highest BCUT2D eigenvalue weighted by Crippen LogP contribution is 2.56. The number of aliphatic hydroxyl groups is 2. The van der Waals surface area contributed by atoms with Crippen LogP contribution in [0.4, 0.5) is 14.5 Å². The Balaban J connectivity index is 1.39. The molecule has 2 fully saturated rings. The average molecular weight is 563 g/mol. The summed E-state index contributed by atoms with van der Waals surface area (Å²) in [5, 5.41) is 24.1. The lowest BCUT2D eigenvalue weighted by atomic mass is 9.70. The number of hydrogen-bond donors (Lipinski definition) is 3. The zero-order valence-corrected chi connectivity index (χ0v) is 21.6. The van der Waals surface area contributed by atoms with Gasteiger partial charge in [-0.1, -0.05) is 17.7 Å². The molecular formula is C27H25ClF2N2O5S. The normalized spacial score (nSPS) is 25.7. The maximum Gasteiger partial charge on any atom is 0.255 e. The highest BCUT2D eigenvalue weighted by Gasteiger charge is 2.59. The average Bonchev–Trinajstić information content (AvgIpc) is 3.06. The molecule has 3 aromatic rings. The number of benzene rings is 2. The third kappa shape index (κ3) is 4.59. The van der Waals surface area contributed by atoms with Crippen LogP contribution in [0.3, 0.4) is 0 Å². The van der Waals surface area contributed by atoms with E-state index in [0.29, 0.717) is 18.4 Å². The Morgan fingerprint density at radius 3 is 2.42 bits per heavy atom. The van der Waals surface area contributed by atoms with E-state index in [1.807, 2.05) is 0 Å². The Kier molecular flexibility index (Phi) is 7.02. The number of nitrogens with zero attached hydrogens (tertiary/aromatic N) is 1. The molecule has 1 aromatic heterocycles. The molecule has 2 aliphatic rings. The molecule has 0 aliphatic heterocycles. The zero-order valence-electron chi connectivity index (χ0n) is 20.0. The first-order valence-electron chi connectivity index (χ1n) is 12.1. The molecule has 38 heavy (non-hydrogen) atoms. The summed E-state index contributed by atoms with van der Waals surface area (Å²) in [7, 11) is -4.03. The van der Waals surface area contributed by atoms with Crippen molar-refractivity contribution in [2.24, 2.45) is 11.8 Å². The van der Waals surface area contributed by atoms with Crippen LogP contribution in [-0.2, 0) is 9.84 Å². The van der Waals surface area contributed by atoms with E-state index >= 15 is 0 Å². The Morgan fingerprint density at radius 2 is 1.79 bits per heavy atom. The van der Waals surface area contributed by atoms with Crippen LogP contribution in [0.25, 0.3) is 0 Å². The first-order chi connectivity index (χ1) is 18.0. The van der Waals surface area contributed by atoms with Crippen molar-refractivity contribution in [3.05, 3.63) is 88.7 Å². The number of hydrogen-bond acceptors (Lipinski definition) is 6. The van der Waals surface area contributed by atoms with Crippen LogP contribution in [-0.4, -0.2) is 40.4 Å². The molecular weight excluding hydrogens is 538 g/mol. The summed E-state index contributed by atoms with van der Waals surface area (Å²) in [6.07, 6.45) is 3.21. The predicted octanol–water partition coefficient (Wildman–Crippen LogP) is 4.69. The SMILES string of the molecule is O=C(Nc1ccc(F)c(F)c1)c1ccc(Cl)c(S(=O)(=O)C2C[C@H]3CC[C@@H](C2)C3(O)[C@H](O)c2cccnc2)c1. The first kappa shape index (κ1) is 26.7. The second-order valence-corrected chi connectivity index (χ2v) is 12.5. The number of aliphatic hydroxyl groups excluding tert-OH is 1. The third-order valence-corrected chi connectivity index (χ3v) is 10.5. The van der Waals surface area contributed by atoms with Crippen LogP contribution in [0.1, 0.15) is 47.7 Å². The van der Waals surface area contributed by atoms with Crippen molar-refractivity contribution in [2.45, 2.75) is 47.5 Å². The molecule has 2 unspecified atom stereocenters. The first-order valence-corrected chi connectivity index (χ1v) is 14.0. The van der Waals surface area contributed by atoms with Crippen LogP contribution < -0.4 is 5.32 Å². The van der Waals surface area contributed by atoms with Crippen molar-refractivity contribution < 1.29 is 32.2 Å². The van der Waals surface area contributed by atoms with Crippen molar-refractivity contribution in [2.75, 3.05) is 5.32 Å². The minimum atomic E-state index is -4.03. The molecule has 1 amide bonds. The topological polar surface area (TPSA) is 117 Å². The highest BCUT2D eigenvalue weighted by molar-refractivity contribution is 7.92. The quantitative estimate of drug-likeness (QED) is 0.401. The number of fused-ring (bicyclic) bond motifs is 2.